The Morgan fingerprint density at radius 2 is 1.76 bits per heavy atom. The number of amides is 1. The number of aliphatic hydroxyl groups excluding tert-OH is 2. The minimum atomic E-state index is -1.18. The van der Waals surface area contributed by atoms with Gasteiger partial charge in [0.25, 0.3) is 5.91 Å². The van der Waals surface area contributed by atoms with Gasteiger partial charge < -0.3 is 20.2 Å². The van der Waals surface area contributed by atoms with Gasteiger partial charge in [-0.2, -0.15) is 0 Å². The summed E-state index contributed by atoms with van der Waals surface area (Å²) in [6.07, 6.45) is 0.394. The number of thioether (sulfide) groups is 1. The molecule has 0 spiro atoms. The van der Waals surface area contributed by atoms with E-state index in [1.165, 1.54) is 30.3 Å². The van der Waals surface area contributed by atoms with Gasteiger partial charge in [-0.3, -0.25) is 9.59 Å². The van der Waals surface area contributed by atoms with Crippen LogP contribution in [-0.2, 0) is 4.79 Å². The largest absolute Gasteiger partial charge is 0.481 e. The van der Waals surface area contributed by atoms with Crippen LogP contribution in [-0.4, -0.2) is 55.1 Å². The number of aliphatic hydroxyl groups is 2. The molecule has 3 N–H and O–H groups in total. The van der Waals surface area contributed by atoms with Crippen LogP contribution >= 0.6 is 11.8 Å². The number of rotatable bonds is 8. The molecule has 1 heterocycles. The molecule has 1 unspecified atom stereocenters. The summed E-state index contributed by atoms with van der Waals surface area (Å²) in [4.78, 5) is 26.1. The summed E-state index contributed by atoms with van der Waals surface area (Å²) in [5.41, 5.74) is 1.30. The van der Waals surface area contributed by atoms with Gasteiger partial charge in [0.1, 0.15) is 11.2 Å². The van der Waals surface area contributed by atoms with Crippen molar-refractivity contribution in [2.24, 2.45) is 0 Å². The predicted octanol–water partition coefficient (Wildman–Crippen LogP) is 4.00. The number of benzene rings is 2. The van der Waals surface area contributed by atoms with Gasteiger partial charge in [-0.1, -0.05) is 42.5 Å². The molecule has 2 aromatic rings. The normalized spacial score (nSPS) is 21.8. The molecule has 4 atom stereocenters. The Hall–Kier alpha value is -2.68. The van der Waals surface area contributed by atoms with Crippen molar-refractivity contribution >= 4 is 23.6 Å². The Balaban J connectivity index is 1.92. The standard InChI is InChI=1S/C25H28FNO5S/c1-25(2)21(13-12-19(28)14-20(29)15-22(30)31)27(23(32)16-8-10-18(26)11-9-16)24(33-25)17-6-4-3-5-7-17/h3-13,19-21,24,28-29H,14-15H2,1-2H3,(H,30,31)/t19-,20+,21+,24?/m1/s1. The zero-order valence-corrected chi connectivity index (χ0v) is 19.3. The molecular formula is C25H28FNO5S. The molecule has 0 bridgehead atoms. The maximum Gasteiger partial charge on any atom is 0.305 e. The fourth-order valence-electron chi connectivity index (χ4n) is 3.92. The van der Waals surface area contributed by atoms with E-state index >= 15 is 0 Å². The summed E-state index contributed by atoms with van der Waals surface area (Å²) in [6.45, 7) is 4.01. The van der Waals surface area contributed by atoms with Gasteiger partial charge in [-0.05, 0) is 43.7 Å². The fraction of sp³-hybridized carbons (Fsp3) is 0.360. The Labute approximate surface area is 196 Å². The van der Waals surface area contributed by atoms with Gasteiger partial charge in [-0.15, -0.1) is 11.8 Å². The molecule has 1 saturated heterocycles. The first-order valence-electron chi connectivity index (χ1n) is 10.7. The van der Waals surface area contributed by atoms with Gasteiger partial charge in [0.05, 0.1) is 24.7 Å². The molecular weight excluding hydrogens is 445 g/mol. The van der Waals surface area contributed by atoms with Crippen molar-refractivity contribution < 1.29 is 29.3 Å². The highest BCUT2D eigenvalue weighted by molar-refractivity contribution is 8.01. The van der Waals surface area contributed by atoms with Crippen LogP contribution in [0.3, 0.4) is 0 Å². The second-order valence-corrected chi connectivity index (χ2v) is 10.3. The number of nitrogens with zero attached hydrogens (tertiary/aromatic N) is 1. The molecule has 0 aromatic heterocycles. The summed E-state index contributed by atoms with van der Waals surface area (Å²) < 4.78 is 13.0. The molecule has 8 heteroatoms. The van der Waals surface area contributed by atoms with E-state index in [9.17, 15) is 24.2 Å². The molecule has 1 fully saturated rings. The first kappa shape index (κ1) is 25.0. The third-order valence-electron chi connectivity index (χ3n) is 5.53. The first-order chi connectivity index (χ1) is 15.6. The zero-order valence-electron chi connectivity index (χ0n) is 18.5. The number of carbonyl (C=O) groups is 2. The lowest BCUT2D eigenvalue weighted by molar-refractivity contribution is -0.139. The number of carbonyl (C=O) groups excluding carboxylic acids is 1. The summed E-state index contributed by atoms with van der Waals surface area (Å²) in [6, 6.07) is 14.6. The lowest BCUT2D eigenvalue weighted by atomic mass is 9.97. The number of aliphatic carboxylic acids is 1. The molecule has 33 heavy (non-hydrogen) atoms. The molecule has 3 rings (SSSR count). The van der Waals surface area contributed by atoms with E-state index in [1.807, 2.05) is 44.2 Å². The fourth-order valence-corrected chi connectivity index (χ4v) is 5.46. The van der Waals surface area contributed by atoms with Gasteiger partial charge in [-0.25, -0.2) is 4.39 Å². The molecule has 1 aliphatic rings. The quantitative estimate of drug-likeness (QED) is 0.502. The summed E-state index contributed by atoms with van der Waals surface area (Å²) in [7, 11) is 0. The van der Waals surface area contributed by atoms with Crippen molar-refractivity contribution in [2.45, 2.75) is 55.1 Å². The SMILES string of the molecule is CC1(C)SC(c2ccccc2)N(C(=O)c2ccc(F)cc2)[C@H]1C=C[C@@H](O)C[C@H](O)CC(=O)O. The van der Waals surface area contributed by atoms with Crippen molar-refractivity contribution in [3.05, 3.63) is 83.7 Å². The van der Waals surface area contributed by atoms with Crippen LogP contribution in [0.1, 0.15) is 48.0 Å². The third-order valence-corrected chi connectivity index (χ3v) is 7.10. The average Bonchev–Trinajstić information content (AvgIpc) is 3.02. The number of carboxylic acids is 1. The minimum absolute atomic E-state index is 0.128. The highest BCUT2D eigenvalue weighted by Crippen LogP contribution is 2.53. The molecule has 1 aliphatic heterocycles. The summed E-state index contributed by atoms with van der Waals surface area (Å²) in [5, 5.41) is 28.6. The average molecular weight is 474 g/mol. The Morgan fingerprint density at radius 3 is 2.36 bits per heavy atom. The maximum absolute atomic E-state index is 13.6. The number of carboxylic acid groups (broad SMARTS) is 1. The van der Waals surface area contributed by atoms with Crippen LogP contribution in [0.15, 0.2) is 66.7 Å². The van der Waals surface area contributed by atoms with Crippen LogP contribution in [0.25, 0.3) is 0 Å². The van der Waals surface area contributed by atoms with E-state index < -0.39 is 41.2 Å². The summed E-state index contributed by atoms with van der Waals surface area (Å²) >= 11 is 1.61. The Morgan fingerprint density at radius 1 is 1.12 bits per heavy atom. The van der Waals surface area contributed by atoms with Gasteiger partial charge in [0.2, 0.25) is 0 Å². The van der Waals surface area contributed by atoms with Crippen LogP contribution in [0, 0.1) is 5.82 Å². The topological polar surface area (TPSA) is 98.1 Å². The molecule has 176 valence electrons. The van der Waals surface area contributed by atoms with E-state index in [0.29, 0.717) is 5.56 Å². The molecule has 2 aromatic carbocycles. The monoisotopic (exact) mass is 473 g/mol. The van der Waals surface area contributed by atoms with Gasteiger partial charge in [0.15, 0.2) is 0 Å². The second-order valence-electron chi connectivity index (χ2n) is 8.59. The molecule has 0 radical (unpaired) electrons. The van der Waals surface area contributed by atoms with Crippen molar-refractivity contribution in [1.29, 1.82) is 0 Å². The Kier molecular flexibility index (Phi) is 7.94. The molecule has 0 saturated carbocycles. The smallest absolute Gasteiger partial charge is 0.305 e. The van der Waals surface area contributed by atoms with Gasteiger partial charge >= 0.3 is 5.97 Å². The molecule has 6 nitrogen and oxygen atoms in total. The number of hydrogen-bond donors (Lipinski definition) is 3. The van der Waals surface area contributed by atoms with Crippen LogP contribution < -0.4 is 0 Å². The lowest BCUT2D eigenvalue weighted by Crippen LogP contribution is -2.43. The molecule has 0 aliphatic carbocycles. The van der Waals surface area contributed by atoms with Crippen molar-refractivity contribution in [3.63, 3.8) is 0 Å². The number of halogens is 1. The summed E-state index contributed by atoms with van der Waals surface area (Å²) in [5.74, 6) is -1.84. The minimum Gasteiger partial charge on any atom is -0.481 e. The van der Waals surface area contributed by atoms with E-state index in [-0.39, 0.29) is 17.7 Å². The number of hydrogen-bond acceptors (Lipinski definition) is 5. The van der Waals surface area contributed by atoms with Crippen molar-refractivity contribution in [1.82, 2.24) is 4.90 Å². The lowest BCUT2D eigenvalue weighted by Gasteiger charge is -2.31. The van der Waals surface area contributed by atoms with Crippen LogP contribution in [0.2, 0.25) is 0 Å². The van der Waals surface area contributed by atoms with Crippen molar-refractivity contribution in [3.8, 4) is 0 Å². The van der Waals surface area contributed by atoms with E-state index in [0.717, 1.165) is 5.56 Å². The molecule has 1 amide bonds. The maximum atomic E-state index is 13.6. The second kappa shape index (κ2) is 10.5. The highest BCUT2D eigenvalue weighted by atomic mass is 32.2. The van der Waals surface area contributed by atoms with Crippen LogP contribution in [0.4, 0.5) is 4.39 Å². The third kappa shape index (κ3) is 6.22. The Bertz CT molecular complexity index is 996. The van der Waals surface area contributed by atoms with E-state index in [1.54, 1.807) is 22.7 Å². The van der Waals surface area contributed by atoms with E-state index in [2.05, 4.69) is 0 Å². The van der Waals surface area contributed by atoms with E-state index in [4.69, 9.17) is 5.11 Å². The first-order valence-corrected chi connectivity index (χ1v) is 11.5. The highest BCUT2D eigenvalue weighted by Gasteiger charge is 2.49. The zero-order chi connectivity index (χ0) is 24.2. The van der Waals surface area contributed by atoms with Gasteiger partial charge in [0, 0.05) is 16.7 Å². The van der Waals surface area contributed by atoms with Crippen molar-refractivity contribution in [2.75, 3.05) is 0 Å². The van der Waals surface area contributed by atoms with Crippen LogP contribution in [0.5, 0.6) is 0 Å². The predicted molar refractivity (Wildman–Crippen MR) is 125 cm³/mol.